The molecule has 1 aliphatic rings. The zero-order chi connectivity index (χ0) is 24.5. The topological polar surface area (TPSA) is 87.2 Å². The van der Waals surface area contributed by atoms with Crippen molar-refractivity contribution in [3.63, 3.8) is 0 Å². The van der Waals surface area contributed by atoms with Gasteiger partial charge in [-0.15, -0.1) is 0 Å². The molecule has 0 fully saturated rings. The van der Waals surface area contributed by atoms with Gasteiger partial charge < -0.3 is 4.74 Å². The molecule has 3 heterocycles. The number of para-hydroxylation sites is 2. The number of hydrogen-bond donors (Lipinski definition) is 0. The highest BCUT2D eigenvalue weighted by molar-refractivity contribution is 6.04. The summed E-state index contributed by atoms with van der Waals surface area (Å²) in [6, 6.07) is 15.2. The van der Waals surface area contributed by atoms with Gasteiger partial charge in [-0.3, -0.25) is 9.36 Å². The van der Waals surface area contributed by atoms with E-state index in [9.17, 15) is 4.79 Å². The van der Waals surface area contributed by atoms with Crippen molar-refractivity contribution in [3.8, 4) is 5.75 Å². The lowest BCUT2D eigenvalue weighted by Gasteiger charge is -2.13. The molecule has 0 spiro atoms. The summed E-state index contributed by atoms with van der Waals surface area (Å²) in [6.07, 6.45) is 11.2. The predicted octanol–water partition coefficient (Wildman–Crippen LogP) is 5.08. The lowest BCUT2D eigenvalue weighted by atomic mass is 9.97. The summed E-state index contributed by atoms with van der Waals surface area (Å²) in [5.74, 6) is 0.737. The van der Waals surface area contributed by atoms with Gasteiger partial charge in [0, 0.05) is 6.54 Å². The molecule has 0 N–H and O–H groups in total. The summed E-state index contributed by atoms with van der Waals surface area (Å²) in [6.45, 7) is 0.592. The number of rotatable bonds is 6. The molecule has 0 aliphatic heterocycles. The molecule has 8 heteroatoms. The quantitative estimate of drug-likeness (QED) is 0.251. The second-order valence-electron chi connectivity index (χ2n) is 9.02. The number of benzene rings is 2. The van der Waals surface area contributed by atoms with Gasteiger partial charge in [-0.2, -0.15) is 9.78 Å². The van der Waals surface area contributed by atoms with E-state index in [1.54, 1.807) is 28.9 Å². The van der Waals surface area contributed by atoms with Gasteiger partial charge in [0.15, 0.2) is 11.3 Å². The highest BCUT2D eigenvalue weighted by Crippen LogP contribution is 2.25. The molecular weight excluding hydrogens is 452 g/mol. The molecule has 2 aromatic carbocycles. The standard InChI is InChI=1S/C28H26N6O2/c1-36-21-11-7-10-20(16-21)17-30-34-26-24(25-27(34)32-23-13-6-5-12-22(23)31-25)28(35)33(18-29-26)15-14-19-8-3-2-4-9-19/h5-8,10-13,16-18H,2-4,9,14-15H2,1H3. The Morgan fingerprint density at radius 3 is 2.72 bits per heavy atom. The zero-order valence-electron chi connectivity index (χ0n) is 20.1. The van der Waals surface area contributed by atoms with Crippen LogP contribution in [0.1, 0.15) is 37.7 Å². The van der Waals surface area contributed by atoms with Crippen molar-refractivity contribution in [2.24, 2.45) is 5.10 Å². The molecule has 1 aliphatic carbocycles. The van der Waals surface area contributed by atoms with Gasteiger partial charge in [0.25, 0.3) is 5.56 Å². The summed E-state index contributed by atoms with van der Waals surface area (Å²) in [4.78, 5) is 28.0. The summed E-state index contributed by atoms with van der Waals surface area (Å²) in [5.41, 5.74) is 5.06. The van der Waals surface area contributed by atoms with E-state index in [1.165, 1.54) is 18.4 Å². The summed E-state index contributed by atoms with van der Waals surface area (Å²) >= 11 is 0. The van der Waals surface area contributed by atoms with Crippen LogP contribution in [-0.4, -0.2) is 37.5 Å². The fourth-order valence-corrected chi connectivity index (χ4v) is 4.77. The maximum absolute atomic E-state index is 13.7. The number of allylic oxidation sites excluding steroid dienone is 2. The van der Waals surface area contributed by atoms with Crippen LogP contribution in [0.2, 0.25) is 0 Å². The van der Waals surface area contributed by atoms with Crippen LogP contribution in [0.3, 0.4) is 0 Å². The first kappa shape index (κ1) is 22.2. The molecule has 6 rings (SSSR count). The molecule has 0 bridgehead atoms. The van der Waals surface area contributed by atoms with E-state index >= 15 is 0 Å². The van der Waals surface area contributed by atoms with Gasteiger partial charge in [0.2, 0.25) is 0 Å². The van der Waals surface area contributed by atoms with Crippen LogP contribution in [0.5, 0.6) is 5.75 Å². The van der Waals surface area contributed by atoms with E-state index in [1.807, 2.05) is 48.5 Å². The molecule has 0 atom stereocenters. The molecule has 0 unspecified atom stereocenters. The van der Waals surface area contributed by atoms with Crippen molar-refractivity contribution >= 4 is 39.4 Å². The summed E-state index contributed by atoms with van der Waals surface area (Å²) in [5, 5.41) is 5.12. The maximum Gasteiger partial charge on any atom is 0.265 e. The van der Waals surface area contributed by atoms with Gasteiger partial charge in [-0.25, -0.2) is 15.0 Å². The SMILES string of the molecule is COc1cccc(C=Nn2c3nc4ccccc4nc3c3c(=O)n(CCC4=CCCCC4)cnc32)c1. The number of hydrogen-bond acceptors (Lipinski definition) is 6. The third-order valence-electron chi connectivity index (χ3n) is 6.68. The Morgan fingerprint density at radius 1 is 1.06 bits per heavy atom. The van der Waals surface area contributed by atoms with E-state index in [4.69, 9.17) is 14.7 Å². The lowest BCUT2D eigenvalue weighted by Crippen LogP contribution is -2.21. The van der Waals surface area contributed by atoms with Crippen molar-refractivity contribution in [1.29, 1.82) is 0 Å². The molecule has 0 radical (unpaired) electrons. The average Bonchev–Trinajstić information content (AvgIpc) is 3.23. The lowest BCUT2D eigenvalue weighted by molar-refractivity contribution is 0.415. The van der Waals surface area contributed by atoms with Crippen molar-refractivity contribution in [2.45, 2.75) is 38.6 Å². The van der Waals surface area contributed by atoms with Crippen molar-refractivity contribution in [2.75, 3.05) is 7.11 Å². The van der Waals surface area contributed by atoms with E-state index < -0.39 is 0 Å². The van der Waals surface area contributed by atoms with Crippen LogP contribution < -0.4 is 10.3 Å². The van der Waals surface area contributed by atoms with Gasteiger partial charge >= 0.3 is 0 Å². The first-order valence-corrected chi connectivity index (χ1v) is 12.2. The second-order valence-corrected chi connectivity index (χ2v) is 9.02. The number of fused-ring (bicyclic) bond motifs is 4. The van der Waals surface area contributed by atoms with Gasteiger partial charge in [-0.1, -0.05) is 35.9 Å². The Hall–Kier alpha value is -4.33. The minimum atomic E-state index is -0.124. The van der Waals surface area contributed by atoms with Crippen LogP contribution in [0, 0.1) is 0 Å². The summed E-state index contributed by atoms with van der Waals surface area (Å²) < 4.78 is 8.62. The first-order chi connectivity index (χ1) is 17.7. The molecule has 3 aromatic heterocycles. The second kappa shape index (κ2) is 9.37. The Labute approximate surface area is 207 Å². The fourth-order valence-electron chi connectivity index (χ4n) is 4.77. The van der Waals surface area contributed by atoms with Crippen molar-refractivity contribution in [3.05, 3.63) is 82.4 Å². The minimum absolute atomic E-state index is 0.124. The Morgan fingerprint density at radius 2 is 1.92 bits per heavy atom. The number of nitrogens with zero attached hydrogens (tertiary/aromatic N) is 6. The number of methoxy groups -OCH3 is 1. The van der Waals surface area contributed by atoms with Crippen LogP contribution in [0.4, 0.5) is 0 Å². The van der Waals surface area contributed by atoms with Crippen LogP contribution in [0.15, 0.2) is 76.4 Å². The Balaban J connectivity index is 1.51. The normalized spacial score (nSPS) is 14.2. The third kappa shape index (κ3) is 4.04. The summed E-state index contributed by atoms with van der Waals surface area (Å²) in [7, 11) is 1.63. The van der Waals surface area contributed by atoms with Crippen LogP contribution in [0.25, 0.3) is 33.2 Å². The number of ether oxygens (including phenoxy) is 1. The van der Waals surface area contributed by atoms with Crippen molar-refractivity contribution in [1.82, 2.24) is 24.2 Å². The van der Waals surface area contributed by atoms with Gasteiger partial charge in [0.1, 0.15) is 16.7 Å². The van der Waals surface area contributed by atoms with E-state index in [0.29, 0.717) is 28.7 Å². The first-order valence-electron chi connectivity index (χ1n) is 12.2. The molecule has 36 heavy (non-hydrogen) atoms. The van der Waals surface area contributed by atoms with E-state index in [0.717, 1.165) is 41.6 Å². The molecule has 0 amide bonds. The Bertz CT molecular complexity index is 1710. The van der Waals surface area contributed by atoms with Crippen LogP contribution >= 0.6 is 0 Å². The molecule has 8 nitrogen and oxygen atoms in total. The molecule has 0 saturated heterocycles. The predicted molar refractivity (Wildman–Crippen MR) is 142 cm³/mol. The number of aryl methyl sites for hydroxylation is 1. The maximum atomic E-state index is 13.7. The zero-order valence-corrected chi connectivity index (χ0v) is 20.1. The average molecular weight is 479 g/mol. The third-order valence-corrected chi connectivity index (χ3v) is 6.68. The number of aromatic nitrogens is 5. The largest absolute Gasteiger partial charge is 0.497 e. The highest BCUT2D eigenvalue weighted by atomic mass is 16.5. The van der Waals surface area contributed by atoms with E-state index in [-0.39, 0.29) is 5.56 Å². The molecular formula is C28H26N6O2. The van der Waals surface area contributed by atoms with Crippen molar-refractivity contribution < 1.29 is 4.74 Å². The molecule has 0 saturated carbocycles. The van der Waals surface area contributed by atoms with Gasteiger partial charge in [-0.05, 0) is 61.9 Å². The molecule has 5 aromatic rings. The molecule has 180 valence electrons. The van der Waals surface area contributed by atoms with E-state index in [2.05, 4.69) is 16.2 Å². The monoisotopic (exact) mass is 478 g/mol. The fraction of sp³-hybridized carbons (Fsp3) is 0.250. The minimum Gasteiger partial charge on any atom is -0.497 e. The van der Waals surface area contributed by atoms with Crippen LogP contribution in [-0.2, 0) is 6.54 Å². The highest BCUT2D eigenvalue weighted by Gasteiger charge is 2.20. The Kier molecular flexibility index (Phi) is 5.77. The van der Waals surface area contributed by atoms with Gasteiger partial charge in [0.05, 0.1) is 30.7 Å². The smallest absolute Gasteiger partial charge is 0.265 e.